The highest BCUT2D eigenvalue weighted by atomic mass is 19.4. The van der Waals surface area contributed by atoms with Crippen LogP contribution in [-0.4, -0.2) is 41.7 Å². The Kier molecular flexibility index (Phi) is 13.4. The van der Waals surface area contributed by atoms with Gasteiger partial charge in [0.05, 0.1) is 23.1 Å². The lowest BCUT2D eigenvalue weighted by Gasteiger charge is -2.05. The number of hydrogen-bond donors (Lipinski definition) is 4. The fraction of sp³-hybridized carbons (Fsp3) is 0.0870. The van der Waals surface area contributed by atoms with Crippen LogP contribution in [0.1, 0.15) is 5.56 Å². The van der Waals surface area contributed by atoms with Crippen molar-refractivity contribution in [2.45, 2.75) is 12.6 Å². The van der Waals surface area contributed by atoms with Crippen LogP contribution in [0.2, 0.25) is 0 Å². The number of carbonyl (C=O) groups excluding carboxylic acids is 1. The second-order valence-electron chi connectivity index (χ2n) is 7.80. The molecule has 0 aliphatic carbocycles. The van der Waals surface area contributed by atoms with Crippen molar-refractivity contribution < 1.29 is 45.4 Å². The number of carbonyl (C=O) groups is 1. The van der Waals surface area contributed by atoms with Crippen LogP contribution in [0.25, 0.3) is 0 Å². The minimum absolute atomic E-state index is 0.0370. The summed E-state index contributed by atoms with van der Waals surface area (Å²) in [5.41, 5.74) is 20.7. The molecule has 22 heteroatoms. The molecule has 0 spiro atoms. The van der Waals surface area contributed by atoms with Gasteiger partial charge in [0.25, 0.3) is 0 Å². The van der Waals surface area contributed by atoms with Crippen molar-refractivity contribution in [3.63, 3.8) is 0 Å². The number of aromatic nitrogens is 4. The summed E-state index contributed by atoms with van der Waals surface area (Å²) in [6, 6.07) is 8.64. The van der Waals surface area contributed by atoms with E-state index in [9.17, 15) is 55.8 Å². The van der Waals surface area contributed by atoms with E-state index in [4.69, 9.17) is 22.9 Å². The average Bonchev–Trinajstić information content (AvgIpc) is 2.95. The molecule has 240 valence electrons. The number of alkyl halides is 3. The fourth-order valence-electron chi connectivity index (χ4n) is 2.45. The number of anilines is 4. The maximum Gasteiger partial charge on any atom is 0.450 e. The van der Waals surface area contributed by atoms with Gasteiger partial charge in [0.15, 0.2) is 0 Å². The molecule has 4 aromatic heterocycles. The van der Waals surface area contributed by atoms with E-state index in [1.165, 1.54) is 24.4 Å². The molecule has 0 bridgehead atoms. The molecule has 0 aliphatic heterocycles. The molecule has 0 aliphatic rings. The zero-order valence-corrected chi connectivity index (χ0v) is 22.1. The van der Waals surface area contributed by atoms with Gasteiger partial charge in [-0.3, -0.25) is 4.79 Å². The number of nitrogens with zero attached hydrogens (tertiary/aromatic N) is 6. The Bertz CT molecular complexity index is 1620. The first-order chi connectivity index (χ1) is 20.8. The van der Waals surface area contributed by atoms with Gasteiger partial charge >= 0.3 is 29.7 Å². The molecule has 0 atom stereocenters. The highest BCUT2D eigenvalue weighted by Gasteiger charge is 2.39. The largest absolute Gasteiger partial charge is 0.450 e. The van der Waals surface area contributed by atoms with E-state index >= 15 is 0 Å². The first-order valence-electron chi connectivity index (χ1n) is 11.3. The first kappa shape index (κ1) is 36.8. The van der Waals surface area contributed by atoms with E-state index in [0.717, 1.165) is 24.3 Å². The normalized spacial score (nSPS) is 10.1. The molecular weight excluding hydrogens is 629 g/mol. The number of Topliss-reactive ketones (excluding diaryl/α,β-unsaturated/α-hetero) is 1. The van der Waals surface area contributed by atoms with Gasteiger partial charge in [0.1, 0.15) is 11.5 Å². The molecular formula is C23H19F7N10O5. The van der Waals surface area contributed by atoms with Crippen LogP contribution in [0.3, 0.4) is 0 Å². The van der Waals surface area contributed by atoms with Gasteiger partial charge in [-0.2, -0.15) is 30.7 Å². The van der Waals surface area contributed by atoms with Crippen LogP contribution in [0, 0.1) is 44.0 Å². The summed E-state index contributed by atoms with van der Waals surface area (Å²) in [7, 11) is 0. The summed E-state index contributed by atoms with van der Waals surface area (Å²) in [4.78, 5) is 41.4. The van der Waals surface area contributed by atoms with E-state index in [-0.39, 0.29) is 11.5 Å². The van der Waals surface area contributed by atoms with Crippen LogP contribution in [-0.2, 0) is 11.2 Å². The topological polar surface area (TPSA) is 259 Å². The minimum Gasteiger partial charge on any atom is -0.397 e. The number of hydrogen-bond acceptors (Lipinski definition) is 13. The van der Waals surface area contributed by atoms with E-state index in [1.54, 1.807) is 0 Å². The molecule has 4 heterocycles. The predicted molar refractivity (Wildman–Crippen MR) is 143 cm³/mol. The smallest absolute Gasteiger partial charge is 0.397 e. The molecule has 15 nitrogen and oxygen atoms in total. The molecule has 0 aromatic carbocycles. The second-order valence-corrected chi connectivity index (χ2v) is 7.80. The van der Waals surface area contributed by atoms with Gasteiger partial charge in [0, 0.05) is 18.6 Å². The molecule has 0 radical (unpaired) electrons. The minimum atomic E-state index is -5.09. The molecule has 0 unspecified atom stereocenters. The number of pyridine rings is 4. The third kappa shape index (κ3) is 13.1. The predicted octanol–water partition coefficient (Wildman–Crippen LogP) is 3.70. The van der Waals surface area contributed by atoms with Crippen LogP contribution >= 0.6 is 0 Å². The van der Waals surface area contributed by atoms with Crippen molar-refractivity contribution in [1.82, 2.24) is 19.9 Å². The van der Waals surface area contributed by atoms with Gasteiger partial charge < -0.3 is 43.2 Å². The molecule has 0 saturated carbocycles. The van der Waals surface area contributed by atoms with E-state index < -0.39 is 69.2 Å². The Morgan fingerprint density at radius 2 is 1.16 bits per heavy atom. The number of halogens is 7. The Morgan fingerprint density at radius 3 is 1.56 bits per heavy atom. The standard InChI is InChI=1S/C8H4F4N2O3.C5H4FN3O2.C5H6FN3.C5H5FN2/c9-6-2-1-4(7(13-6)14(16)17)3-5(15)8(10,11)12;6-4-2-1-3(7)5(8-4)9(10)11;6-4-2-1-3(7)5(8)9-4;6-5-2-1-4(7)3-8-5/h1-2H,3H2;1-2H,7H2;1-2H,7H2,(H2,8,9);1-3H,7H2. The Hall–Kier alpha value is -6.22. The monoisotopic (exact) mass is 648 g/mol. The van der Waals surface area contributed by atoms with Gasteiger partial charge in [-0.25, -0.2) is 9.97 Å². The second kappa shape index (κ2) is 16.4. The number of nitro groups is 2. The summed E-state index contributed by atoms with van der Waals surface area (Å²) < 4.78 is 84.6. The molecule has 0 fully saturated rings. The van der Waals surface area contributed by atoms with Crippen LogP contribution in [0.5, 0.6) is 0 Å². The van der Waals surface area contributed by atoms with Crippen molar-refractivity contribution in [2.24, 2.45) is 0 Å². The highest BCUT2D eigenvalue weighted by molar-refractivity contribution is 5.86. The van der Waals surface area contributed by atoms with Crippen molar-refractivity contribution in [2.75, 3.05) is 22.9 Å². The van der Waals surface area contributed by atoms with Crippen LogP contribution < -0.4 is 22.9 Å². The van der Waals surface area contributed by atoms with Gasteiger partial charge in [-0.15, -0.1) is 0 Å². The highest BCUT2D eigenvalue weighted by Crippen LogP contribution is 2.23. The van der Waals surface area contributed by atoms with E-state index in [2.05, 4.69) is 19.9 Å². The zero-order chi connectivity index (χ0) is 34.5. The number of rotatable bonds is 4. The molecule has 0 amide bonds. The maximum atomic E-state index is 12.6. The molecule has 8 N–H and O–H groups in total. The molecule has 45 heavy (non-hydrogen) atoms. The first-order valence-corrected chi connectivity index (χ1v) is 11.3. The van der Waals surface area contributed by atoms with Crippen molar-refractivity contribution in [1.29, 1.82) is 0 Å². The van der Waals surface area contributed by atoms with Crippen LogP contribution in [0.15, 0.2) is 54.7 Å². The fourth-order valence-corrected chi connectivity index (χ4v) is 2.45. The number of nitrogen functional groups attached to an aromatic ring is 4. The van der Waals surface area contributed by atoms with Crippen LogP contribution in [0.4, 0.5) is 65.2 Å². The van der Waals surface area contributed by atoms with Gasteiger partial charge in [-0.05, 0) is 56.2 Å². The lowest BCUT2D eigenvalue weighted by Crippen LogP contribution is -2.25. The summed E-state index contributed by atoms with van der Waals surface area (Å²) >= 11 is 0. The molecule has 4 aromatic rings. The van der Waals surface area contributed by atoms with Gasteiger partial charge in [-0.1, -0.05) is 0 Å². The molecule has 0 saturated heterocycles. The van der Waals surface area contributed by atoms with Crippen molar-refractivity contribution in [3.05, 3.63) is 104 Å². The lowest BCUT2D eigenvalue weighted by molar-refractivity contribution is -0.390. The lowest BCUT2D eigenvalue weighted by atomic mass is 10.1. The average molecular weight is 648 g/mol. The third-order valence-corrected chi connectivity index (χ3v) is 4.48. The van der Waals surface area contributed by atoms with E-state index in [0.29, 0.717) is 17.4 Å². The Labute approximate surface area is 246 Å². The van der Waals surface area contributed by atoms with Crippen molar-refractivity contribution in [3.8, 4) is 0 Å². The number of ketones is 1. The summed E-state index contributed by atoms with van der Waals surface area (Å²) in [6.07, 6.45) is -5.06. The quantitative estimate of drug-likeness (QED) is 0.107. The summed E-state index contributed by atoms with van der Waals surface area (Å²) in [5, 5.41) is 20.5. The SMILES string of the molecule is Nc1ccc(F)nc1.Nc1ccc(F)nc1N.Nc1ccc(F)nc1[N+](=O)[O-].O=C(Cc1ccc(F)nc1[N+](=O)[O-])C(F)(F)F. The van der Waals surface area contributed by atoms with Gasteiger partial charge in [0.2, 0.25) is 17.7 Å². The van der Waals surface area contributed by atoms with E-state index in [1.807, 2.05) is 0 Å². The number of nitrogens with two attached hydrogens (primary N) is 4. The summed E-state index contributed by atoms with van der Waals surface area (Å²) in [5.74, 6) is -7.09. The maximum absolute atomic E-state index is 12.6. The summed E-state index contributed by atoms with van der Waals surface area (Å²) in [6.45, 7) is 0. The Morgan fingerprint density at radius 1 is 0.689 bits per heavy atom. The Balaban J connectivity index is 0.000000314. The van der Waals surface area contributed by atoms with Crippen molar-refractivity contribution >= 4 is 40.3 Å². The molecule has 4 rings (SSSR count). The third-order valence-electron chi connectivity index (χ3n) is 4.48. The zero-order valence-electron chi connectivity index (χ0n) is 22.1.